The zero-order valence-corrected chi connectivity index (χ0v) is 16.8. The number of cyclic esters (lactones) is 1. The third kappa shape index (κ3) is 4.57. The van der Waals surface area contributed by atoms with Crippen molar-refractivity contribution in [3.63, 3.8) is 0 Å². The average Bonchev–Trinajstić information content (AvgIpc) is 3.06. The Morgan fingerprint density at radius 1 is 1.24 bits per heavy atom. The summed E-state index contributed by atoms with van der Waals surface area (Å²) < 4.78 is 20.5. The quantitative estimate of drug-likeness (QED) is 0.530. The van der Waals surface area contributed by atoms with E-state index in [1.807, 2.05) is 31.2 Å². The second-order valence-corrected chi connectivity index (χ2v) is 6.46. The number of hydrogen-bond acceptors (Lipinski definition) is 7. The number of nitrogens with zero attached hydrogens (tertiary/aromatic N) is 1. The van der Waals surface area contributed by atoms with Crippen LogP contribution in [0.1, 0.15) is 16.7 Å². The monoisotopic (exact) mass is 415 g/mol. The number of carbonyl (C=O) groups is 2. The first kappa shape index (κ1) is 20.4. The Morgan fingerprint density at radius 3 is 2.69 bits per heavy atom. The topological polar surface area (TPSA) is 83.4 Å². The van der Waals surface area contributed by atoms with Crippen LogP contribution in [0.5, 0.6) is 11.5 Å². The molecule has 150 valence electrons. The van der Waals surface area contributed by atoms with Gasteiger partial charge in [-0.1, -0.05) is 29.8 Å². The molecule has 2 aromatic carbocycles. The number of aryl methyl sites for hydroxylation is 1. The third-order valence-electron chi connectivity index (χ3n) is 4.11. The summed E-state index contributed by atoms with van der Waals surface area (Å²) in [5.41, 5.74) is 2.37. The van der Waals surface area contributed by atoms with Gasteiger partial charge in [0.1, 0.15) is 0 Å². The highest BCUT2D eigenvalue weighted by molar-refractivity contribution is 6.32. The first-order chi connectivity index (χ1) is 13.9. The molecule has 0 atom stereocenters. The van der Waals surface area contributed by atoms with E-state index in [0.717, 1.165) is 11.1 Å². The van der Waals surface area contributed by atoms with E-state index in [1.165, 1.54) is 20.3 Å². The van der Waals surface area contributed by atoms with E-state index in [0.29, 0.717) is 11.3 Å². The van der Waals surface area contributed by atoms with Crippen LogP contribution in [0.15, 0.2) is 47.1 Å². The summed E-state index contributed by atoms with van der Waals surface area (Å²) in [5.74, 6) is -0.386. The van der Waals surface area contributed by atoms with E-state index in [2.05, 4.69) is 9.73 Å². The number of esters is 2. The molecule has 0 N–H and O–H groups in total. The minimum absolute atomic E-state index is 0.129. The molecule has 0 radical (unpaired) electrons. The Bertz CT molecular complexity index is 1030. The van der Waals surface area contributed by atoms with Crippen molar-refractivity contribution in [1.82, 2.24) is 0 Å². The number of aliphatic imine (C=N–C) groups is 1. The number of methoxy groups -OCH3 is 2. The molecule has 1 aliphatic rings. The van der Waals surface area contributed by atoms with Crippen LogP contribution in [0.3, 0.4) is 0 Å². The summed E-state index contributed by atoms with van der Waals surface area (Å²) in [4.78, 5) is 27.8. The lowest BCUT2D eigenvalue weighted by Crippen LogP contribution is -2.13. The maximum Gasteiger partial charge on any atom is 0.363 e. The third-order valence-corrected chi connectivity index (χ3v) is 4.39. The van der Waals surface area contributed by atoms with Crippen LogP contribution >= 0.6 is 11.6 Å². The van der Waals surface area contributed by atoms with Gasteiger partial charge in [0.05, 0.1) is 19.2 Å². The summed E-state index contributed by atoms with van der Waals surface area (Å²) in [6.07, 6.45) is 1.53. The van der Waals surface area contributed by atoms with Gasteiger partial charge < -0.3 is 18.9 Å². The second kappa shape index (κ2) is 8.79. The minimum Gasteiger partial charge on any atom is -0.493 e. The molecule has 8 heteroatoms. The largest absolute Gasteiger partial charge is 0.493 e. The van der Waals surface area contributed by atoms with Crippen LogP contribution in [-0.4, -0.2) is 38.7 Å². The van der Waals surface area contributed by atoms with E-state index in [9.17, 15) is 9.59 Å². The Hall–Kier alpha value is -3.32. The van der Waals surface area contributed by atoms with Crippen LogP contribution in [-0.2, 0) is 19.1 Å². The standard InChI is InChI=1S/C21H18ClNO6/c1-12-6-4-5-7-14(12)20-23-16(21(25)29-20)9-13-8-15(22)19(17(10-13)26-2)28-11-18(24)27-3/h4-10H,11H2,1-3H3. The Labute approximate surface area is 172 Å². The Morgan fingerprint density at radius 2 is 2.00 bits per heavy atom. The number of hydrogen-bond donors (Lipinski definition) is 0. The van der Waals surface area contributed by atoms with Crippen LogP contribution in [0.2, 0.25) is 5.02 Å². The van der Waals surface area contributed by atoms with E-state index in [4.69, 9.17) is 25.8 Å². The average molecular weight is 416 g/mol. The summed E-state index contributed by atoms with van der Waals surface area (Å²) in [6, 6.07) is 10.7. The van der Waals surface area contributed by atoms with Gasteiger partial charge in [-0.3, -0.25) is 0 Å². The van der Waals surface area contributed by atoms with Crippen molar-refractivity contribution in [1.29, 1.82) is 0 Å². The summed E-state index contributed by atoms with van der Waals surface area (Å²) in [5, 5.41) is 0.203. The van der Waals surface area contributed by atoms with E-state index in [1.54, 1.807) is 12.1 Å². The highest BCUT2D eigenvalue weighted by Crippen LogP contribution is 2.37. The van der Waals surface area contributed by atoms with Crippen LogP contribution < -0.4 is 9.47 Å². The summed E-state index contributed by atoms with van der Waals surface area (Å²) in [6.45, 7) is 1.59. The maximum atomic E-state index is 12.2. The van der Waals surface area contributed by atoms with Gasteiger partial charge in [0.25, 0.3) is 0 Å². The van der Waals surface area contributed by atoms with Gasteiger partial charge in [0, 0.05) is 5.56 Å². The zero-order chi connectivity index (χ0) is 21.0. The lowest BCUT2D eigenvalue weighted by molar-refractivity contribution is -0.143. The maximum absolute atomic E-state index is 12.2. The molecule has 0 spiro atoms. The van der Waals surface area contributed by atoms with Crippen molar-refractivity contribution in [3.8, 4) is 11.5 Å². The molecule has 0 aromatic heterocycles. The normalized spacial score (nSPS) is 14.4. The van der Waals surface area contributed by atoms with Crippen molar-refractivity contribution in [3.05, 3.63) is 63.8 Å². The molecule has 0 saturated heterocycles. The molecule has 0 fully saturated rings. The molecule has 1 heterocycles. The fourth-order valence-corrected chi connectivity index (χ4v) is 2.92. The molecule has 3 rings (SSSR count). The number of rotatable bonds is 6. The lowest BCUT2D eigenvalue weighted by Gasteiger charge is -2.12. The van der Waals surface area contributed by atoms with Crippen LogP contribution in [0.4, 0.5) is 0 Å². The van der Waals surface area contributed by atoms with Crippen molar-refractivity contribution < 1.29 is 28.5 Å². The number of benzene rings is 2. The van der Waals surface area contributed by atoms with Crippen molar-refractivity contribution in [2.75, 3.05) is 20.8 Å². The van der Waals surface area contributed by atoms with E-state index in [-0.39, 0.29) is 29.0 Å². The van der Waals surface area contributed by atoms with E-state index < -0.39 is 11.9 Å². The number of ether oxygens (including phenoxy) is 4. The molecular formula is C21H18ClNO6. The predicted octanol–water partition coefficient (Wildman–Crippen LogP) is 3.55. The predicted molar refractivity (Wildman–Crippen MR) is 107 cm³/mol. The zero-order valence-electron chi connectivity index (χ0n) is 16.0. The van der Waals surface area contributed by atoms with Gasteiger partial charge >= 0.3 is 11.9 Å². The van der Waals surface area contributed by atoms with Gasteiger partial charge in [-0.25, -0.2) is 14.6 Å². The lowest BCUT2D eigenvalue weighted by atomic mass is 10.1. The minimum atomic E-state index is -0.565. The van der Waals surface area contributed by atoms with Crippen molar-refractivity contribution >= 4 is 35.5 Å². The highest BCUT2D eigenvalue weighted by Gasteiger charge is 2.25. The molecule has 1 aliphatic heterocycles. The SMILES string of the molecule is COC(=O)COc1c(Cl)cc(C=C2N=C(c3ccccc3C)OC2=O)cc1OC. The van der Waals surface area contributed by atoms with Crippen molar-refractivity contribution in [2.24, 2.45) is 4.99 Å². The molecule has 29 heavy (non-hydrogen) atoms. The van der Waals surface area contributed by atoms with Crippen LogP contribution in [0.25, 0.3) is 6.08 Å². The molecule has 2 aromatic rings. The van der Waals surface area contributed by atoms with E-state index >= 15 is 0 Å². The number of carbonyl (C=O) groups excluding carboxylic acids is 2. The summed E-state index contributed by atoms with van der Waals surface area (Å²) >= 11 is 6.27. The van der Waals surface area contributed by atoms with Gasteiger partial charge in [-0.15, -0.1) is 0 Å². The fraction of sp³-hybridized carbons (Fsp3) is 0.190. The van der Waals surface area contributed by atoms with Crippen LogP contribution in [0, 0.1) is 6.92 Å². The van der Waals surface area contributed by atoms with Gasteiger partial charge in [0.2, 0.25) is 5.90 Å². The molecule has 7 nitrogen and oxygen atoms in total. The van der Waals surface area contributed by atoms with Gasteiger partial charge in [-0.2, -0.15) is 0 Å². The number of halogens is 1. The molecular weight excluding hydrogens is 398 g/mol. The first-order valence-electron chi connectivity index (χ1n) is 8.58. The highest BCUT2D eigenvalue weighted by atomic mass is 35.5. The smallest absolute Gasteiger partial charge is 0.363 e. The second-order valence-electron chi connectivity index (χ2n) is 6.05. The molecule has 0 unspecified atom stereocenters. The Balaban J connectivity index is 1.91. The Kier molecular flexibility index (Phi) is 6.19. The molecule has 0 saturated carbocycles. The van der Waals surface area contributed by atoms with Crippen molar-refractivity contribution in [2.45, 2.75) is 6.92 Å². The van der Waals surface area contributed by atoms with Gasteiger partial charge in [0.15, 0.2) is 23.8 Å². The molecule has 0 amide bonds. The first-order valence-corrected chi connectivity index (χ1v) is 8.96. The fourth-order valence-electron chi connectivity index (χ4n) is 2.65. The molecule has 0 bridgehead atoms. The van der Waals surface area contributed by atoms with Gasteiger partial charge in [-0.05, 0) is 42.3 Å². The summed E-state index contributed by atoms with van der Waals surface area (Å²) in [7, 11) is 2.69. The molecule has 0 aliphatic carbocycles.